The van der Waals surface area contributed by atoms with Gasteiger partial charge in [0.05, 0.1) is 5.92 Å². The van der Waals surface area contributed by atoms with Crippen molar-refractivity contribution in [1.29, 1.82) is 0 Å². The Morgan fingerprint density at radius 2 is 2.07 bits per heavy atom. The van der Waals surface area contributed by atoms with E-state index in [0.29, 0.717) is 25.2 Å². The van der Waals surface area contributed by atoms with Crippen molar-refractivity contribution in [2.24, 2.45) is 5.92 Å². The molecule has 1 aliphatic rings. The van der Waals surface area contributed by atoms with Gasteiger partial charge in [0.1, 0.15) is 5.82 Å². The lowest BCUT2D eigenvalue weighted by Gasteiger charge is -2.37. The van der Waals surface area contributed by atoms with Crippen LogP contribution >= 0.6 is 0 Å². The number of nitrogens with zero attached hydrogens (tertiary/aromatic N) is 1. The summed E-state index contributed by atoms with van der Waals surface area (Å²) in [5, 5.41) is 2.92. The van der Waals surface area contributed by atoms with Gasteiger partial charge in [0.15, 0.2) is 0 Å². The minimum Gasteiger partial charge on any atom is -0.352 e. The molecule has 0 aliphatic carbocycles. The summed E-state index contributed by atoms with van der Waals surface area (Å²) >= 11 is 0. The predicted molar refractivity (Wildman–Crippen MR) is 107 cm³/mol. The fraction of sp³-hybridized carbons (Fsp3) is 0.348. The van der Waals surface area contributed by atoms with Gasteiger partial charge in [-0.15, -0.1) is 6.58 Å². The van der Waals surface area contributed by atoms with Crippen LogP contribution in [0.5, 0.6) is 0 Å². The zero-order chi connectivity index (χ0) is 19.2. The number of benzene rings is 2. The van der Waals surface area contributed by atoms with Gasteiger partial charge in [0, 0.05) is 31.7 Å². The van der Waals surface area contributed by atoms with Gasteiger partial charge in [0.2, 0.25) is 5.91 Å². The Kier molecular flexibility index (Phi) is 6.40. The minimum atomic E-state index is -0.192. The number of hydrogen-bond donors (Lipinski definition) is 1. The van der Waals surface area contributed by atoms with Crippen LogP contribution in [0.3, 0.4) is 0 Å². The summed E-state index contributed by atoms with van der Waals surface area (Å²) < 4.78 is 14.1. The Hall–Kier alpha value is -2.46. The molecule has 0 spiro atoms. The van der Waals surface area contributed by atoms with Gasteiger partial charge < -0.3 is 5.32 Å². The third-order valence-corrected chi connectivity index (χ3v) is 5.18. The summed E-state index contributed by atoms with van der Waals surface area (Å²) in [6, 6.07) is 15.3. The van der Waals surface area contributed by atoms with E-state index in [2.05, 4.69) is 48.0 Å². The molecular weight excluding hydrogens is 339 g/mol. The summed E-state index contributed by atoms with van der Waals surface area (Å²) in [4.78, 5) is 14.8. The molecule has 0 unspecified atom stereocenters. The summed E-state index contributed by atoms with van der Waals surface area (Å²) in [6.07, 6.45) is 2.50. The third kappa shape index (κ3) is 5.04. The molecule has 2 atom stereocenters. The molecule has 1 fully saturated rings. The largest absolute Gasteiger partial charge is 0.352 e. The van der Waals surface area contributed by atoms with E-state index in [4.69, 9.17) is 0 Å². The third-order valence-electron chi connectivity index (χ3n) is 5.18. The molecule has 4 heteroatoms. The van der Waals surface area contributed by atoms with Crippen molar-refractivity contribution in [2.45, 2.75) is 25.8 Å². The average Bonchev–Trinajstić information content (AvgIpc) is 2.67. The monoisotopic (exact) mass is 366 g/mol. The lowest BCUT2D eigenvalue weighted by Crippen LogP contribution is -2.45. The van der Waals surface area contributed by atoms with E-state index in [9.17, 15) is 9.18 Å². The highest BCUT2D eigenvalue weighted by Crippen LogP contribution is 2.32. The molecule has 0 saturated carbocycles. The number of likely N-dealkylation sites (tertiary alicyclic amines) is 1. The number of nitrogens with one attached hydrogen (secondary N) is 1. The molecule has 1 N–H and O–H groups in total. The topological polar surface area (TPSA) is 32.3 Å². The van der Waals surface area contributed by atoms with Crippen molar-refractivity contribution in [3.05, 3.63) is 83.7 Å². The zero-order valence-electron chi connectivity index (χ0n) is 15.8. The number of piperidine rings is 1. The first-order valence-electron chi connectivity index (χ1n) is 9.47. The number of amides is 1. The van der Waals surface area contributed by atoms with Crippen molar-refractivity contribution < 1.29 is 9.18 Å². The molecule has 2 aromatic carbocycles. The van der Waals surface area contributed by atoms with Crippen LogP contribution in [0.15, 0.2) is 61.2 Å². The van der Waals surface area contributed by atoms with Crippen LogP contribution in [-0.2, 0) is 11.3 Å². The molecule has 27 heavy (non-hydrogen) atoms. The Morgan fingerprint density at radius 1 is 1.26 bits per heavy atom. The highest BCUT2D eigenvalue weighted by molar-refractivity contribution is 5.79. The molecule has 1 heterocycles. The second-order valence-corrected chi connectivity index (χ2v) is 7.36. The van der Waals surface area contributed by atoms with Gasteiger partial charge in [0.25, 0.3) is 0 Å². The summed E-state index contributed by atoms with van der Waals surface area (Å²) in [6.45, 7) is 8.19. The van der Waals surface area contributed by atoms with Crippen LogP contribution in [-0.4, -0.2) is 30.4 Å². The lowest BCUT2D eigenvalue weighted by atomic mass is 9.83. The number of aryl methyl sites for hydroxylation is 1. The van der Waals surface area contributed by atoms with Crippen LogP contribution in [0.1, 0.15) is 29.0 Å². The SMILES string of the molecule is C=CCNC(=O)[C@@H]1C[C@H](c2cccc(C)c2)CN(Cc2ccccc2F)C1. The van der Waals surface area contributed by atoms with E-state index in [1.165, 1.54) is 17.2 Å². The van der Waals surface area contributed by atoms with Crippen molar-refractivity contribution in [3.8, 4) is 0 Å². The number of carbonyl (C=O) groups excluding carboxylic acids is 1. The second-order valence-electron chi connectivity index (χ2n) is 7.36. The van der Waals surface area contributed by atoms with Gasteiger partial charge in [-0.1, -0.05) is 54.1 Å². The molecule has 0 bridgehead atoms. The first-order valence-corrected chi connectivity index (χ1v) is 9.47. The average molecular weight is 366 g/mol. The van der Waals surface area contributed by atoms with Crippen molar-refractivity contribution in [1.82, 2.24) is 10.2 Å². The summed E-state index contributed by atoms with van der Waals surface area (Å²) in [7, 11) is 0. The van der Waals surface area contributed by atoms with Gasteiger partial charge in [-0.2, -0.15) is 0 Å². The van der Waals surface area contributed by atoms with Crippen LogP contribution in [0, 0.1) is 18.7 Å². The molecular formula is C23H27FN2O. The maximum atomic E-state index is 14.1. The molecule has 1 saturated heterocycles. The normalized spacial score (nSPS) is 20.2. The van der Waals surface area contributed by atoms with E-state index < -0.39 is 0 Å². The van der Waals surface area contributed by atoms with Gasteiger partial charge in [-0.05, 0) is 30.9 Å². The Morgan fingerprint density at radius 3 is 2.81 bits per heavy atom. The standard InChI is InChI=1S/C23H27FN2O/c1-3-11-25-23(27)21-13-20(18-9-6-7-17(2)12-18)15-26(16-21)14-19-8-4-5-10-22(19)24/h3-10,12,20-21H,1,11,13-16H2,2H3,(H,25,27)/t20-,21+/m0/s1. The number of carbonyl (C=O) groups is 1. The Labute approximate surface area is 160 Å². The van der Waals surface area contributed by atoms with E-state index in [0.717, 1.165) is 13.0 Å². The van der Waals surface area contributed by atoms with Gasteiger partial charge in [-0.25, -0.2) is 4.39 Å². The molecule has 3 nitrogen and oxygen atoms in total. The first-order chi connectivity index (χ1) is 13.1. The molecule has 142 valence electrons. The minimum absolute atomic E-state index is 0.0470. The fourth-order valence-corrected chi connectivity index (χ4v) is 3.86. The first kappa shape index (κ1) is 19.3. The van der Waals surface area contributed by atoms with Gasteiger partial charge in [-0.3, -0.25) is 9.69 Å². The van der Waals surface area contributed by atoms with E-state index in [1.807, 2.05) is 12.1 Å². The maximum Gasteiger partial charge on any atom is 0.224 e. The predicted octanol–water partition coefficient (Wildman–Crippen LogP) is 4.04. The molecule has 3 rings (SSSR count). The molecule has 0 radical (unpaired) electrons. The molecule has 1 amide bonds. The highest BCUT2D eigenvalue weighted by Gasteiger charge is 2.32. The van der Waals surface area contributed by atoms with Crippen LogP contribution < -0.4 is 5.32 Å². The lowest BCUT2D eigenvalue weighted by molar-refractivity contribution is -0.126. The van der Waals surface area contributed by atoms with Crippen LogP contribution in [0.4, 0.5) is 4.39 Å². The van der Waals surface area contributed by atoms with Crippen molar-refractivity contribution >= 4 is 5.91 Å². The number of rotatable bonds is 6. The summed E-state index contributed by atoms with van der Waals surface area (Å²) in [5.41, 5.74) is 3.13. The Balaban J connectivity index is 1.81. The smallest absolute Gasteiger partial charge is 0.224 e. The van der Waals surface area contributed by atoms with E-state index in [1.54, 1.807) is 12.1 Å². The second kappa shape index (κ2) is 8.96. The number of halogens is 1. The van der Waals surface area contributed by atoms with Gasteiger partial charge >= 0.3 is 0 Å². The van der Waals surface area contributed by atoms with Crippen LogP contribution in [0.25, 0.3) is 0 Å². The highest BCUT2D eigenvalue weighted by atomic mass is 19.1. The number of hydrogen-bond acceptors (Lipinski definition) is 2. The van der Waals surface area contributed by atoms with Crippen molar-refractivity contribution in [2.75, 3.05) is 19.6 Å². The fourth-order valence-electron chi connectivity index (χ4n) is 3.86. The molecule has 0 aromatic heterocycles. The zero-order valence-corrected chi connectivity index (χ0v) is 15.8. The quantitative estimate of drug-likeness (QED) is 0.783. The van der Waals surface area contributed by atoms with Crippen molar-refractivity contribution in [3.63, 3.8) is 0 Å². The Bertz CT molecular complexity index is 804. The summed E-state index contributed by atoms with van der Waals surface area (Å²) in [5.74, 6) is -0.00508. The van der Waals surface area contributed by atoms with E-state index >= 15 is 0 Å². The maximum absolute atomic E-state index is 14.1. The molecule has 2 aromatic rings. The van der Waals surface area contributed by atoms with Crippen LogP contribution in [0.2, 0.25) is 0 Å². The molecule has 1 aliphatic heterocycles. The van der Waals surface area contributed by atoms with E-state index in [-0.39, 0.29) is 23.6 Å².